The van der Waals surface area contributed by atoms with Crippen LogP contribution in [0.2, 0.25) is 5.02 Å². The second-order valence-corrected chi connectivity index (χ2v) is 10.9. The van der Waals surface area contributed by atoms with E-state index in [9.17, 15) is 9.90 Å². The van der Waals surface area contributed by atoms with Crippen molar-refractivity contribution in [3.05, 3.63) is 29.4 Å². The fourth-order valence-electron chi connectivity index (χ4n) is 5.87. The molecular weight excluding hydrogens is 456 g/mol. The molecule has 1 aromatic carbocycles. The van der Waals surface area contributed by atoms with Gasteiger partial charge in [0.2, 0.25) is 5.91 Å². The first kappa shape index (κ1) is 22.5. The molecular formula is C25H31ClN4O4. The molecule has 1 aromatic heterocycles. The average molecular weight is 487 g/mol. The van der Waals surface area contributed by atoms with Crippen molar-refractivity contribution >= 4 is 39.8 Å². The summed E-state index contributed by atoms with van der Waals surface area (Å²) in [6.45, 7) is 7.76. The van der Waals surface area contributed by atoms with Crippen molar-refractivity contribution in [1.29, 1.82) is 0 Å². The van der Waals surface area contributed by atoms with Gasteiger partial charge in [-0.3, -0.25) is 9.69 Å². The lowest BCUT2D eigenvalue weighted by molar-refractivity contribution is -0.118. The van der Waals surface area contributed by atoms with Crippen molar-refractivity contribution in [1.82, 2.24) is 9.88 Å². The maximum absolute atomic E-state index is 12.8. The molecule has 1 spiro atoms. The molecule has 3 saturated heterocycles. The number of nitrogens with one attached hydrogen (secondary N) is 1. The molecule has 8 nitrogen and oxygen atoms in total. The fourth-order valence-corrected chi connectivity index (χ4v) is 6.16. The molecule has 4 heterocycles. The SMILES string of the molecule is C[C@@]1(N2CCN(c3cc4cc(NC(=O)[C@@H]5C[C@@]56CCOC6)ncc4cc3Cl)CC2)COC[C@@H]1O. The Kier molecular flexibility index (Phi) is 5.50. The van der Waals surface area contributed by atoms with Crippen molar-refractivity contribution in [3.63, 3.8) is 0 Å². The highest BCUT2D eigenvalue weighted by Gasteiger charge is 2.59. The smallest absolute Gasteiger partial charge is 0.229 e. The first-order chi connectivity index (χ1) is 16.4. The van der Waals surface area contributed by atoms with E-state index in [0.29, 0.717) is 30.7 Å². The zero-order chi connectivity index (χ0) is 23.5. The average Bonchev–Trinajstić information content (AvgIpc) is 3.14. The maximum atomic E-state index is 12.8. The zero-order valence-corrected chi connectivity index (χ0v) is 20.2. The molecule has 6 rings (SSSR count). The van der Waals surface area contributed by atoms with Crippen molar-refractivity contribution in [2.75, 3.05) is 62.8 Å². The van der Waals surface area contributed by atoms with Gasteiger partial charge in [0, 0.05) is 55.7 Å². The summed E-state index contributed by atoms with van der Waals surface area (Å²) in [6, 6.07) is 5.96. The molecule has 1 amide bonds. The number of halogens is 1. The van der Waals surface area contributed by atoms with Gasteiger partial charge in [-0.05, 0) is 43.4 Å². The molecule has 0 unspecified atom stereocenters. The Morgan fingerprint density at radius 2 is 2.00 bits per heavy atom. The maximum Gasteiger partial charge on any atom is 0.229 e. The Morgan fingerprint density at radius 1 is 1.18 bits per heavy atom. The van der Waals surface area contributed by atoms with Crippen molar-refractivity contribution in [3.8, 4) is 0 Å². The molecule has 2 aromatic rings. The number of aliphatic hydroxyl groups excluding tert-OH is 1. The van der Waals surface area contributed by atoms with Crippen LogP contribution in [0.3, 0.4) is 0 Å². The van der Waals surface area contributed by atoms with E-state index in [1.807, 2.05) is 12.1 Å². The highest BCUT2D eigenvalue weighted by molar-refractivity contribution is 6.34. The van der Waals surface area contributed by atoms with E-state index in [1.54, 1.807) is 6.20 Å². The normalized spacial score (nSPS) is 33.7. The molecule has 182 valence electrons. The van der Waals surface area contributed by atoms with Crippen LogP contribution in [0.1, 0.15) is 19.8 Å². The van der Waals surface area contributed by atoms with Gasteiger partial charge < -0.3 is 24.8 Å². The number of aromatic nitrogens is 1. The highest BCUT2D eigenvalue weighted by atomic mass is 35.5. The minimum absolute atomic E-state index is 0.0233. The van der Waals surface area contributed by atoms with Crippen LogP contribution in [0.5, 0.6) is 0 Å². The lowest BCUT2D eigenvalue weighted by Gasteiger charge is -2.45. The number of aliphatic hydroxyl groups is 1. The van der Waals surface area contributed by atoms with E-state index in [4.69, 9.17) is 21.1 Å². The summed E-state index contributed by atoms with van der Waals surface area (Å²) in [6.07, 6.45) is 3.18. The summed E-state index contributed by atoms with van der Waals surface area (Å²) in [5, 5.41) is 16.0. The number of hydrogen-bond donors (Lipinski definition) is 2. The van der Waals surface area contributed by atoms with E-state index < -0.39 is 6.10 Å². The van der Waals surface area contributed by atoms with Gasteiger partial charge >= 0.3 is 0 Å². The summed E-state index contributed by atoms with van der Waals surface area (Å²) < 4.78 is 11.0. The van der Waals surface area contributed by atoms with Crippen molar-refractivity contribution in [2.45, 2.75) is 31.4 Å². The van der Waals surface area contributed by atoms with Gasteiger partial charge in [-0.15, -0.1) is 0 Å². The van der Waals surface area contributed by atoms with Crippen molar-refractivity contribution < 1.29 is 19.4 Å². The zero-order valence-electron chi connectivity index (χ0n) is 19.4. The Bertz CT molecular complexity index is 1120. The molecule has 1 saturated carbocycles. The summed E-state index contributed by atoms with van der Waals surface area (Å²) >= 11 is 6.67. The molecule has 1 aliphatic carbocycles. The predicted molar refractivity (Wildman–Crippen MR) is 130 cm³/mol. The molecule has 4 fully saturated rings. The van der Waals surface area contributed by atoms with Crippen LogP contribution < -0.4 is 10.2 Å². The van der Waals surface area contributed by atoms with Gasteiger partial charge in [0.05, 0.1) is 42.2 Å². The van der Waals surface area contributed by atoms with Crippen LogP contribution in [0.25, 0.3) is 10.8 Å². The van der Waals surface area contributed by atoms with Crippen LogP contribution in [0, 0.1) is 11.3 Å². The molecule has 9 heteroatoms. The van der Waals surface area contributed by atoms with E-state index in [0.717, 1.165) is 62.1 Å². The van der Waals surface area contributed by atoms with E-state index in [-0.39, 0.29) is 22.8 Å². The topological polar surface area (TPSA) is 87.2 Å². The summed E-state index contributed by atoms with van der Waals surface area (Å²) in [5.74, 6) is 0.629. The van der Waals surface area contributed by atoms with Crippen LogP contribution in [0.15, 0.2) is 24.4 Å². The second-order valence-electron chi connectivity index (χ2n) is 10.5. The Balaban J connectivity index is 1.16. The largest absolute Gasteiger partial charge is 0.389 e. The number of hydrogen-bond acceptors (Lipinski definition) is 7. The number of nitrogens with zero attached hydrogens (tertiary/aromatic N) is 3. The fraction of sp³-hybridized carbons (Fsp3) is 0.600. The molecule has 4 atom stereocenters. The summed E-state index contributed by atoms with van der Waals surface area (Å²) in [4.78, 5) is 21.8. The minimum Gasteiger partial charge on any atom is -0.389 e. The third kappa shape index (κ3) is 3.76. The number of rotatable bonds is 4. The monoisotopic (exact) mass is 486 g/mol. The Morgan fingerprint density at radius 3 is 2.71 bits per heavy atom. The number of benzene rings is 1. The Hall–Kier alpha value is -1.97. The third-order valence-electron chi connectivity index (χ3n) is 8.41. The molecule has 0 bridgehead atoms. The number of ether oxygens (including phenoxy) is 2. The first-order valence-electron chi connectivity index (χ1n) is 12.1. The highest BCUT2D eigenvalue weighted by Crippen LogP contribution is 2.58. The molecule has 34 heavy (non-hydrogen) atoms. The van der Waals surface area contributed by atoms with Crippen molar-refractivity contribution in [2.24, 2.45) is 11.3 Å². The number of piperazine rings is 1. The predicted octanol–water partition coefficient (Wildman–Crippen LogP) is 2.53. The van der Waals surface area contributed by atoms with Crippen LogP contribution in [-0.4, -0.2) is 85.1 Å². The molecule has 4 aliphatic rings. The number of carbonyl (C=O) groups excluding carboxylic acids is 1. The van der Waals surface area contributed by atoms with E-state index >= 15 is 0 Å². The number of fused-ring (bicyclic) bond motifs is 1. The second kappa shape index (κ2) is 8.31. The Labute approximate surface area is 204 Å². The molecule has 0 radical (unpaired) electrons. The third-order valence-corrected chi connectivity index (χ3v) is 8.71. The van der Waals surface area contributed by atoms with Gasteiger partial charge in [-0.2, -0.15) is 0 Å². The van der Waals surface area contributed by atoms with Crippen LogP contribution >= 0.6 is 11.6 Å². The van der Waals surface area contributed by atoms with Gasteiger partial charge in [-0.1, -0.05) is 11.6 Å². The van der Waals surface area contributed by atoms with Crippen LogP contribution in [0.4, 0.5) is 11.5 Å². The number of anilines is 2. The standard InChI is InChI=1S/C25H31ClN4O4/c1-24(14-34-13-21(24)31)30-5-3-29(4-6-30)20-9-16-10-22(27-12-17(16)8-19(20)26)28-23(32)18-11-25(18)2-7-33-15-25/h8-10,12,18,21,31H,2-7,11,13-15H2,1H3,(H,27,28,32)/t18-,21-,24+,25+/m0/s1. The van der Waals surface area contributed by atoms with Crippen LogP contribution in [-0.2, 0) is 14.3 Å². The number of amides is 1. The summed E-state index contributed by atoms with van der Waals surface area (Å²) in [5.41, 5.74) is 0.708. The quantitative estimate of drug-likeness (QED) is 0.686. The van der Waals surface area contributed by atoms with Gasteiger partial charge in [0.15, 0.2) is 0 Å². The molecule has 2 N–H and O–H groups in total. The first-order valence-corrected chi connectivity index (χ1v) is 12.5. The lowest BCUT2D eigenvalue weighted by atomic mass is 9.95. The summed E-state index contributed by atoms with van der Waals surface area (Å²) in [7, 11) is 0. The molecule has 3 aliphatic heterocycles. The number of carbonyl (C=O) groups is 1. The minimum atomic E-state index is -0.462. The van der Waals surface area contributed by atoms with Gasteiger partial charge in [0.1, 0.15) is 5.82 Å². The van der Waals surface area contributed by atoms with E-state index in [2.05, 4.69) is 33.1 Å². The van der Waals surface area contributed by atoms with Gasteiger partial charge in [0.25, 0.3) is 0 Å². The van der Waals surface area contributed by atoms with Gasteiger partial charge in [-0.25, -0.2) is 4.98 Å². The lowest BCUT2D eigenvalue weighted by Crippen LogP contribution is -2.60. The number of pyridine rings is 1. The van der Waals surface area contributed by atoms with E-state index in [1.165, 1.54) is 0 Å².